The number of hydrogen-bond acceptors (Lipinski definition) is 3. The van der Waals surface area contributed by atoms with Gasteiger partial charge < -0.3 is 9.84 Å². The molecule has 26 heavy (non-hydrogen) atoms. The van der Waals surface area contributed by atoms with E-state index in [-0.39, 0.29) is 30.5 Å². The van der Waals surface area contributed by atoms with E-state index in [1.54, 1.807) is 6.07 Å². The molecule has 0 unspecified atom stereocenters. The molecule has 1 N–H and O–H groups in total. The Balaban J connectivity index is 2.29. The number of halogens is 4. The van der Waals surface area contributed by atoms with Crippen LogP contribution in [-0.2, 0) is 23.9 Å². The number of ether oxygens (including phenoxy) is 1. The van der Waals surface area contributed by atoms with Crippen molar-refractivity contribution < 1.29 is 27.8 Å². The van der Waals surface area contributed by atoms with E-state index in [9.17, 15) is 18.0 Å². The number of alkyl halides is 3. The van der Waals surface area contributed by atoms with E-state index >= 15 is 0 Å². The van der Waals surface area contributed by atoms with Gasteiger partial charge >= 0.3 is 12.1 Å². The first kappa shape index (κ1) is 20.1. The molecule has 1 aromatic heterocycles. The number of benzene rings is 1. The number of aliphatic carboxylic acids is 1. The van der Waals surface area contributed by atoms with Crippen molar-refractivity contribution in [2.45, 2.75) is 45.5 Å². The minimum Gasteiger partial charge on any atom is -0.481 e. The van der Waals surface area contributed by atoms with E-state index < -0.39 is 17.7 Å². The van der Waals surface area contributed by atoms with Crippen LogP contribution in [0.25, 0.3) is 0 Å². The minimum atomic E-state index is -4.47. The van der Waals surface area contributed by atoms with E-state index in [2.05, 4.69) is 5.10 Å². The largest absolute Gasteiger partial charge is 0.481 e. The standard InChI is InChI=1S/C17H18ClF3N2O3/c1-10(2)26-15-8-13(5-6-16(24)25)23(22-15)9-11-3-4-12(7-14(11)18)17(19,20)21/h3-4,7-8,10H,5-6,9H2,1-2H3,(H,24,25). The van der Waals surface area contributed by atoms with Gasteiger partial charge in [0.15, 0.2) is 0 Å². The number of carboxylic acid groups (broad SMARTS) is 1. The Morgan fingerprint density at radius 2 is 2.04 bits per heavy atom. The monoisotopic (exact) mass is 390 g/mol. The highest BCUT2D eigenvalue weighted by Gasteiger charge is 2.30. The van der Waals surface area contributed by atoms with Crippen molar-refractivity contribution in [3.8, 4) is 5.88 Å². The third-order valence-electron chi connectivity index (χ3n) is 3.49. The molecule has 5 nitrogen and oxygen atoms in total. The minimum absolute atomic E-state index is 0.0363. The van der Waals surface area contributed by atoms with E-state index in [1.807, 2.05) is 13.8 Å². The molecule has 0 bridgehead atoms. The van der Waals surface area contributed by atoms with E-state index in [4.69, 9.17) is 21.4 Å². The van der Waals surface area contributed by atoms with Gasteiger partial charge in [0.2, 0.25) is 5.88 Å². The first-order valence-corrected chi connectivity index (χ1v) is 8.25. The summed E-state index contributed by atoms with van der Waals surface area (Å²) in [5, 5.41) is 13.1. The molecule has 1 heterocycles. The maximum Gasteiger partial charge on any atom is 0.416 e. The van der Waals surface area contributed by atoms with Crippen LogP contribution in [0.4, 0.5) is 13.2 Å². The van der Waals surface area contributed by atoms with Crippen molar-refractivity contribution in [1.82, 2.24) is 9.78 Å². The van der Waals surface area contributed by atoms with Gasteiger partial charge in [0.05, 0.1) is 24.6 Å². The fourth-order valence-electron chi connectivity index (χ4n) is 2.31. The van der Waals surface area contributed by atoms with Crippen molar-refractivity contribution in [2.75, 3.05) is 0 Å². The van der Waals surface area contributed by atoms with Crippen LogP contribution in [0.3, 0.4) is 0 Å². The quantitative estimate of drug-likeness (QED) is 0.760. The Kier molecular flexibility index (Phi) is 6.17. The van der Waals surface area contributed by atoms with Gasteiger partial charge in [-0.2, -0.15) is 13.2 Å². The highest BCUT2D eigenvalue weighted by molar-refractivity contribution is 6.31. The predicted molar refractivity (Wildman–Crippen MR) is 89.5 cm³/mol. The summed E-state index contributed by atoms with van der Waals surface area (Å²) < 4.78 is 45.2. The summed E-state index contributed by atoms with van der Waals surface area (Å²) in [5.74, 6) is -0.639. The summed E-state index contributed by atoms with van der Waals surface area (Å²) in [6.45, 7) is 3.75. The molecule has 142 valence electrons. The lowest BCUT2D eigenvalue weighted by molar-refractivity contribution is -0.138. The number of rotatable bonds is 7. The molecule has 0 saturated carbocycles. The zero-order valence-electron chi connectivity index (χ0n) is 14.2. The van der Waals surface area contributed by atoms with Crippen LogP contribution in [-0.4, -0.2) is 27.0 Å². The van der Waals surface area contributed by atoms with Crippen molar-refractivity contribution in [3.63, 3.8) is 0 Å². The molecule has 1 aromatic carbocycles. The van der Waals surface area contributed by atoms with Crippen LogP contribution in [0.5, 0.6) is 5.88 Å². The van der Waals surface area contributed by atoms with Gasteiger partial charge in [-0.15, -0.1) is 5.10 Å². The van der Waals surface area contributed by atoms with Crippen LogP contribution >= 0.6 is 11.6 Å². The molecule has 0 aliphatic rings. The van der Waals surface area contributed by atoms with Gasteiger partial charge in [-0.3, -0.25) is 9.48 Å². The fraction of sp³-hybridized carbons (Fsp3) is 0.412. The maximum absolute atomic E-state index is 12.7. The van der Waals surface area contributed by atoms with Crippen molar-refractivity contribution in [1.29, 1.82) is 0 Å². The average Bonchev–Trinajstić information content (AvgIpc) is 2.87. The normalized spacial score (nSPS) is 11.8. The highest BCUT2D eigenvalue weighted by Crippen LogP contribution is 2.32. The molecular weight excluding hydrogens is 373 g/mol. The summed E-state index contributed by atoms with van der Waals surface area (Å²) in [6.07, 6.45) is -4.49. The van der Waals surface area contributed by atoms with Crippen LogP contribution in [0, 0.1) is 0 Å². The molecule has 0 spiro atoms. The molecule has 0 atom stereocenters. The zero-order valence-corrected chi connectivity index (χ0v) is 14.9. The second-order valence-corrected chi connectivity index (χ2v) is 6.40. The Bertz CT molecular complexity index is 788. The zero-order chi connectivity index (χ0) is 19.5. The Morgan fingerprint density at radius 1 is 1.35 bits per heavy atom. The molecule has 0 radical (unpaired) electrons. The molecule has 2 aromatic rings. The summed E-state index contributed by atoms with van der Waals surface area (Å²) in [6, 6.07) is 4.73. The number of hydrogen-bond donors (Lipinski definition) is 1. The van der Waals surface area contributed by atoms with Gasteiger partial charge in [0.1, 0.15) is 0 Å². The van der Waals surface area contributed by atoms with Crippen LogP contribution in [0.1, 0.15) is 37.1 Å². The van der Waals surface area contributed by atoms with Crippen LogP contribution in [0.2, 0.25) is 5.02 Å². The first-order chi connectivity index (χ1) is 12.1. The summed E-state index contributed by atoms with van der Waals surface area (Å²) in [7, 11) is 0. The molecule has 0 aliphatic carbocycles. The second kappa shape index (κ2) is 7.99. The lowest BCUT2D eigenvalue weighted by Gasteiger charge is -2.11. The van der Waals surface area contributed by atoms with Crippen molar-refractivity contribution >= 4 is 17.6 Å². The first-order valence-electron chi connectivity index (χ1n) is 7.87. The smallest absolute Gasteiger partial charge is 0.416 e. The van der Waals surface area contributed by atoms with E-state index in [1.165, 1.54) is 10.7 Å². The second-order valence-electron chi connectivity index (χ2n) is 6.00. The summed E-state index contributed by atoms with van der Waals surface area (Å²) in [5.41, 5.74) is 0.205. The highest BCUT2D eigenvalue weighted by atomic mass is 35.5. The van der Waals surface area contributed by atoms with Crippen LogP contribution < -0.4 is 4.74 Å². The Hall–Kier alpha value is -2.22. The van der Waals surface area contributed by atoms with Crippen molar-refractivity contribution in [3.05, 3.63) is 46.1 Å². The molecule has 0 saturated heterocycles. The molecule has 9 heteroatoms. The summed E-state index contributed by atoms with van der Waals surface area (Å²) in [4.78, 5) is 10.8. The topological polar surface area (TPSA) is 64.3 Å². The number of carbonyl (C=O) groups is 1. The number of carboxylic acids is 1. The third kappa shape index (κ3) is 5.39. The fourth-order valence-corrected chi connectivity index (χ4v) is 2.55. The van der Waals surface area contributed by atoms with Gasteiger partial charge in [-0.25, -0.2) is 0 Å². The van der Waals surface area contributed by atoms with E-state index in [0.717, 1.165) is 12.1 Å². The van der Waals surface area contributed by atoms with Gasteiger partial charge in [0.25, 0.3) is 0 Å². The molecular formula is C17H18ClF3N2O3. The lowest BCUT2D eigenvalue weighted by atomic mass is 10.1. The number of nitrogens with zero attached hydrogens (tertiary/aromatic N) is 2. The Labute approximate surface area is 153 Å². The molecule has 0 aliphatic heterocycles. The molecule has 0 fully saturated rings. The van der Waals surface area contributed by atoms with Gasteiger partial charge in [0, 0.05) is 16.8 Å². The summed E-state index contributed by atoms with van der Waals surface area (Å²) >= 11 is 5.99. The predicted octanol–water partition coefficient (Wildman–Crippen LogP) is 4.41. The number of aromatic nitrogens is 2. The third-order valence-corrected chi connectivity index (χ3v) is 3.84. The Morgan fingerprint density at radius 3 is 2.58 bits per heavy atom. The molecule has 0 amide bonds. The van der Waals surface area contributed by atoms with Gasteiger partial charge in [-0.05, 0) is 38.0 Å². The van der Waals surface area contributed by atoms with E-state index in [0.29, 0.717) is 17.1 Å². The maximum atomic E-state index is 12.7. The lowest BCUT2D eigenvalue weighted by Crippen LogP contribution is -2.10. The average molecular weight is 391 g/mol. The van der Waals surface area contributed by atoms with Gasteiger partial charge in [-0.1, -0.05) is 17.7 Å². The van der Waals surface area contributed by atoms with Crippen molar-refractivity contribution in [2.24, 2.45) is 0 Å². The number of aryl methyl sites for hydroxylation is 1. The van der Waals surface area contributed by atoms with Crippen LogP contribution in [0.15, 0.2) is 24.3 Å². The molecule has 2 rings (SSSR count). The SMILES string of the molecule is CC(C)Oc1cc(CCC(=O)O)n(Cc2ccc(C(F)(F)F)cc2Cl)n1.